The molecule has 0 aromatic heterocycles. The summed E-state index contributed by atoms with van der Waals surface area (Å²) < 4.78 is 0. The van der Waals surface area contributed by atoms with Crippen molar-refractivity contribution < 1.29 is 9.90 Å². The summed E-state index contributed by atoms with van der Waals surface area (Å²) in [6.07, 6.45) is 1.37. The van der Waals surface area contributed by atoms with Crippen molar-refractivity contribution in [2.24, 2.45) is 0 Å². The van der Waals surface area contributed by atoms with Crippen molar-refractivity contribution in [3.63, 3.8) is 0 Å². The molecule has 0 rings (SSSR count). The van der Waals surface area contributed by atoms with Crippen molar-refractivity contribution in [2.45, 2.75) is 0 Å². The molecule has 0 atom stereocenters. The quantitative estimate of drug-likeness (QED) is 0.523. The summed E-state index contributed by atoms with van der Waals surface area (Å²) in [6.45, 7) is 6.84. The van der Waals surface area contributed by atoms with Gasteiger partial charge in [-0.25, -0.2) is 9.90 Å². The first-order chi connectivity index (χ1) is 4.22. The number of carbonyl (C=O) groups is 1. The molecule has 0 saturated heterocycles. The second-order valence-corrected chi connectivity index (χ2v) is 1.39. The second kappa shape index (κ2) is 3.72. The summed E-state index contributed by atoms with van der Waals surface area (Å²) in [5.74, 6) is 0. The molecule has 3 heteroatoms. The summed E-state index contributed by atoms with van der Waals surface area (Å²) in [6, 6.07) is 0. The topological polar surface area (TPSA) is 40.2 Å². The zero-order chi connectivity index (χ0) is 7.28. The van der Waals surface area contributed by atoms with Crippen molar-refractivity contribution in [3.05, 3.63) is 25.4 Å². The van der Waals surface area contributed by atoms with Gasteiger partial charge in [-0.15, -0.1) is 6.58 Å². The molecule has 49 valence electrons. The van der Waals surface area contributed by atoms with E-state index in [1.54, 1.807) is 0 Å². The van der Waals surface area contributed by atoms with E-state index >= 15 is 0 Å². The molecule has 9 heavy (non-hydrogen) atoms. The van der Waals surface area contributed by atoms with Gasteiger partial charge in [0.1, 0.15) is 0 Å². The Labute approximate surface area is 53.9 Å². The molecular weight excluding hydrogens is 118 g/mol. The highest BCUT2D eigenvalue weighted by atomic mass is 16.4. The summed E-state index contributed by atoms with van der Waals surface area (Å²) in [7, 11) is 0. The Hall–Kier alpha value is -1.25. The van der Waals surface area contributed by atoms with Gasteiger partial charge >= 0.3 is 6.09 Å². The normalized spacial score (nSPS) is 8.00. The number of rotatable bonds is 3. The van der Waals surface area contributed by atoms with Gasteiger partial charge in [-0.1, -0.05) is 12.7 Å². The van der Waals surface area contributed by atoms with Crippen molar-refractivity contribution in [1.29, 1.82) is 0 Å². The van der Waals surface area contributed by atoms with E-state index < -0.39 is 6.09 Å². The minimum atomic E-state index is -1.26. The lowest BCUT2D eigenvalue weighted by atomic mass is 10.5. The van der Waals surface area contributed by atoms with Crippen LogP contribution < -0.4 is 0 Å². The average Bonchev–Trinajstić information content (AvgIpc) is 1.82. The van der Waals surface area contributed by atoms with Gasteiger partial charge in [0.05, 0.1) is 0 Å². The largest absolute Gasteiger partial charge is 0.457 e. The van der Waals surface area contributed by atoms with E-state index in [2.05, 4.69) is 13.2 Å². The SMILES string of the molecule is C=CCN(C=C)C([O])=O. The van der Waals surface area contributed by atoms with E-state index in [9.17, 15) is 9.90 Å². The van der Waals surface area contributed by atoms with E-state index in [1.807, 2.05) is 0 Å². The van der Waals surface area contributed by atoms with Crippen LogP contribution in [0.4, 0.5) is 4.79 Å². The standard InChI is InChI=1S/C6H8NO2/c1-3-5-7(4-2)6(8)9/h3-4H,1-2,5H2. The molecule has 0 saturated carbocycles. The van der Waals surface area contributed by atoms with Gasteiger partial charge in [-0.05, 0) is 0 Å². The fourth-order valence-corrected chi connectivity index (χ4v) is 0.363. The average molecular weight is 126 g/mol. The highest BCUT2D eigenvalue weighted by molar-refractivity contribution is 5.65. The first-order valence-electron chi connectivity index (χ1n) is 2.43. The van der Waals surface area contributed by atoms with Crippen LogP contribution >= 0.6 is 0 Å². The number of amides is 1. The van der Waals surface area contributed by atoms with Crippen LogP contribution in [0.2, 0.25) is 0 Å². The molecule has 0 bridgehead atoms. The Balaban J connectivity index is 3.81. The van der Waals surface area contributed by atoms with Crippen molar-refractivity contribution in [1.82, 2.24) is 4.90 Å². The van der Waals surface area contributed by atoms with Gasteiger partial charge in [0.15, 0.2) is 0 Å². The van der Waals surface area contributed by atoms with Crippen LogP contribution in [0, 0.1) is 0 Å². The van der Waals surface area contributed by atoms with Gasteiger partial charge in [0.25, 0.3) is 0 Å². The van der Waals surface area contributed by atoms with Crippen LogP contribution in [0.15, 0.2) is 25.4 Å². The summed E-state index contributed by atoms with van der Waals surface area (Å²) >= 11 is 0. The lowest BCUT2D eigenvalue weighted by Crippen LogP contribution is -2.21. The zero-order valence-corrected chi connectivity index (χ0v) is 5.04. The molecule has 0 fully saturated rings. The van der Waals surface area contributed by atoms with E-state index in [0.29, 0.717) is 0 Å². The maximum Gasteiger partial charge on any atom is 0.457 e. The molecule has 0 aliphatic carbocycles. The van der Waals surface area contributed by atoms with E-state index in [1.165, 1.54) is 12.3 Å². The third-order valence-electron chi connectivity index (χ3n) is 0.781. The molecule has 0 aliphatic heterocycles. The third kappa shape index (κ3) is 2.54. The molecule has 0 heterocycles. The predicted molar refractivity (Wildman–Crippen MR) is 33.2 cm³/mol. The predicted octanol–water partition coefficient (Wildman–Crippen LogP) is 1.17. The lowest BCUT2D eigenvalue weighted by Gasteiger charge is -2.06. The van der Waals surface area contributed by atoms with E-state index in [-0.39, 0.29) is 6.54 Å². The number of hydrogen-bond donors (Lipinski definition) is 0. The maximum atomic E-state index is 10.0. The Morgan fingerprint density at radius 3 is 2.22 bits per heavy atom. The highest BCUT2D eigenvalue weighted by Crippen LogP contribution is 1.88. The minimum Gasteiger partial charge on any atom is -0.278 e. The van der Waals surface area contributed by atoms with E-state index in [0.717, 1.165) is 4.90 Å². The van der Waals surface area contributed by atoms with Crippen molar-refractivity contribution in [2.75, 3.05) is 6.54 Å². The molecule has 0 aromatic rings. The zero-order valence-electron chi connectivity index (χ0n) is 5.04. The number of nitrogens with zero attached hydrogens (tertiary/aromatic N) is 1. The van der Waals surface area contributed by atoms with Crippen LogP contribution in [0.1, 0.15) is 0 Å². The monoisotopic (exact) mass is 126 g/mol. The molecule has 0 aromatic carbocycles. The smallest absolute Gasteiger partial charge is 0.278 e. The van der Waals surface area contributed by atoms with Gasteiger partial charge in [-0.3, -0.25) is 4.90 Å². The number of hydrogen-bond acceptors (Lipinski definition) is 1. The summed E-state index contributed by atoms with van der Waals surface area (Å²) in [5.41, 5.74) is 0. The molecule has 0 aliphatic rings. The molecule has 0 unspecified atom stereocenters. The van der Waals surface area contributed by atoms with Crippen molar-refractivity contribution in [3.8, 4) is 0 Å². The lowest BCUT2D eigenvalue weighted by molar-refractivity contribution is 0.140. The van der Waals surface area contributed by atoms with E-state index in [4.69, 9.17) is 0 Å². The van der Waals surface area contributed by atoms with Gasteiger partial charge in [-0.2, -0.15) is 0 Å². The van der Waals surface area contributed by atoms with Crippen LogP contribution in [-0.2, 0) is 5.11 Å². The molecule has 0 spiro atoms. The van der Waals surface area contributed by atoms with Crippen LogP contribution in [0.3, 0.4) is 0 Å². The summed E-state index contributed by atoms with van der Waals surface area (Å²) in [5, 5.41) is 10.0. The summed E-state index contributed by atoms with van der Waals surface area (Å²) in [4.78, 5) is 10.9. The molecule has 0 N–H and O–H groups in total. The Morgan fingerprint density at radius 2 is 2.11 bits per heavy atom. The van der Waals surface area contributed by atoms with Gasteiger partial charge in [0.2, 0.25) is 0 Å². The minimum absolute atomic E-state index is 0.228. The van der Waals surface area contributed by atoms with Crippen LogP contribution in [0.25, 0.3) is 0 Å². The third-order valence-corrected chi connectivity index (χ3v) is 0.781. The van der Waals surface area contributed by atoms with Crippen molar-refractivity contribution >= 4 is 6.09 Å². The fourth-order valence-electron chi connectivity index (χ4n) is 0.363. The molecule has 1 amide bonds. The molecular formula is C6H8NO2. The fraction of sp³-hybridized carbons (Fsp3) is 0.167. The first kappa shape index (κ1) is 7.75. The van der Waals surface area contributed by atoms with Gasteiger partial charge < -0.3 is 0 Å². The maximum absolute atomic E-state index is 10.0. The van der Waals surface area contributed by atoms with Crippen LogP contribution in [-0.4, -0.2) is 17.5 Å². The first-order valence-corrected chi connectivity index (χ1v) is 2.43. The molecule has 1 radical (unpaired) electrons. The highest BCUT2D eigenvalue weighted by Gasteiger charge is 2.05. The number of carbonyl (C=O) groups excluding carboxylic acids is 1. The Morgan fingerprint density at radius 1 is 1.56 bits per heavy atom. The Bertz CT molecular complexity index is 131. The molecule has 3 nitrogen and oxygen atoms in total. The Kier molecular flexibility index (Phi) is 3.20. The van der Waals surface area contributed by atoms with Crippen LogP contribution in [0.5, 0.6) is 0 Å². The van der Waals surface area contributed by atoms with Gasteiger partial charge in [0, 0.05) is 12.7 Å². The second-order valence-electron chi connectivity index (χ2n) is 1.39.